The quantitative estimate of drug-likeness (QED) is 0.182. The van der Waals surface area contributed by atoms with Gasteiger partial charge in [0.2, 0.25) is 0 Å². The van der Waals surface area contributed by atoms with E-state index in [9.17, 15) is 0 Å². The summed E-state index contributed by atoms with van der Waals surface area (Å²) < 4.78 is 0. The van der Waals surface area contributed by atoms with E-state index in [0.29, 0.717) is 5.82 Å². The van der Waals surface area contributed by atoms with Crippen LogP contribution in [0, 0.1) is 0 Å². The van der Waals surface area contributed by atoms with Crippen LogP contribution in [0.2, 0.25) is 0 Å². The summed E-state index contributed by atoms with van der Waals surface area (Å²) in [5.74, 6) is 1.57. The lowest BCUT2D eigenvalue weighted by Gasteiger charge is -2.34. The number of fused-ring (bicyclic) bond motifs is 7. The maximum atomic E-state index is 5.50. The van der Waals surface area contributed by atoms with Crippen LogP contribution in [0.3, 0.4) is 0 Å². The summed E-state index contributed by atoms with van der Waals surface area (Å²) in [6.45, 7) is 0. The van der Waals surface area contributed by atoms with Gasteiger partial charge >= 0.3 is 0 Å². The van der Waals surface area contributed by atoms with Gasteiger partial charge in [0.05, 0.1) is 28.4 Å². The van der Waals surface area contributed by atoms with E-state index in [2.05, 4.69) is 236 Å². The SMILES string of the molecule is C1=CC2=C(c3ccc4c(c3)C(c3ccccc3)(c3ccccc3)c3cc(-c5nc(-c6ccc7ccccc7c6)nc6ccccc56)ccc3-4)N=C(c3ccc4ccccc4c3)NC2C=C1. The molecule has 1 unspecified atom stereocenters. The molecule has 3 aliphatic rings. The first-order valence-corrected chi connectivity index (χ1v) is 22.3. The van der Waals surface area contributed by atoms with E-state index in [4.69, 9.17) is 15.0 Å². The number of para-hydroxylation sites is 1. The highest BCUT2D eigenvalue weighted by atomic mass is 15.1. The second kappa shape index (κ2) is 14.8. The molecular formula is C61H40N4. The third-order valence-electron chi connectivity index (χ3n) is 13.5. The average Bonchev–Trinajstić information content (AvgIpc) is 3.67. The number of aliphatic imine (C=N–C) groups is 1. The molecule has 10 aromatic rings. The highest BCUT2D eigenvalue weighted by Crippen LogP contribution is 2.57. The molecule has 1 aliphatic heterocycles. The highest BCUT2D eigenvalue weighted by molar-refractivity contribution is 6.07. The molecule has 0 saturated carbocycles. The van der Waals surface area contributed by atoms with Gasteiger partial charge in [-0.3, -0.25) is 0 Å². The van der Waals surface area contributed by atoms with Gasteiger partial charge in [-0.2, -0.15) is 0 Å². The van der Waals surface area contributed by atoms with Gasteiger partial charge in [-0.25, -0.2) is 15.0 Å². The Kier molecular flexibility index (Phi) is 8.47. The summed E-state index contributed by atoms with van der Waals surface area (Å²) in [4.78, 5) is 16.1. The Balaban J connectivity index is 1.03. The van der Waals surface area contributed by atoms with Crippen molar-refractivity contribution in [3.05, 3.63) is 270 Å². The summed E-state index contributed by atoms with van der Waals surface area (Å²) >= 11 is 0. The maximum Gasteiger partial charge on any atom is 0.160 e. The normalized spacial score (nSPS) is 15.7. The van der Waals surface area contributed by atoms with E-state index in [1.54, 1.807) is 0 Å². The minimum atomic E-state index is -0.659. The van der Waals surface area contributed by atoms with E-state index < -0.39 is 5.41 Å². The zero-order chi connectivity index (χ0) is 42.9. The largest absolute Gasteiger partial charge is 0.359 e. The number of aromatic nitrogens is 2. The molecule has 0 radical (unpaired) electrons. The topological polar surface area (TPSA) is 50.2 Å². The molecule has 0 amide bonds. The summed E-state index contributed by atoms with van der Waals surface area (Å²) in [7, 11) is 0. The zero-order valence-electron chi connectivity index (χ0n) is 35.4. The lowest BCUT2D eigenvalue weighted by Crippen LogP contribution is -2.39. The van der Waals surface area contributed by atoms with Gasteiger partial charge in [0, 0.05) is 33.2 Å². The predicted molar refractivity (Wildman–Crippen MR) is 268 cm³/mol. The third-order valence-corrected chi connectivity index (χ3v) is 13.5. The van der Waals surface area contributed by atoms with E-state index in [1.165, 1.54) is 49.5 Å². The first-order chi connectivity index (χ1) is 32.2. The van der Waals surface area contributed by atoms with Crippen molar-refractivity contribution >= 4 is 44.0 Å². The maximum absolute atomic E-state index is 5.50. The predicted octanol–water partition coefficient (Wildman–Crippen LogP) is 13.9. The van der Waals surface area contributed by atoms with Crippen LogP contribution in [0.15, 0.2) is 241 Å². The molecule has 0 spiro atoms. The Morgan fingerprint density at radius 3 is 1.72 bits per heavy atom. The van der Waals surface area contributed by atoms with Crippen molar-refractivity contribution in [3.63, 3.8) is 0 Å². The standard InChI is InChI=1S/C61H40N4/c1-3-19-47(20-4-1)61(48-21-5-2-6-22-48)53-37-43(57-51-23-11-13-25-55(51)62-59(64-57)45-29-27-39-15-7-9-17-41(39)35-45)31-33-49(53)50-34-32-44(38-54(50)61)58-52-24-12-14-26-56(52)63-60(65-58)46-30-28-40-16-8-10-18-42(40)36-46/h1-38,55H,(H,62,64). The van der Waals surface area contributed by atoms with Gasteiger partial charge in [-0.05, 0) is 85.3 Å². The van der Waals surface area contributed by atoms with Gasteiger partial charge in [-0.15, -0.1) is 0 Å². The molecule has 0 bridgehead atoms. The van der Waals surface area contributed by atoms with Crippen LogP contribution in [0.25, 0.3) is 71.9 Å². The van der Waals surface area contributed by atoms with Gasteiger partial charge in [-0.1, -0.05) is 200 Å². The third kappa shape index (κ3) is 5.95. The average molecular weight is 829 g/mol. The van der Waals surface area contributed by atoms with Crippen LogP contribution in [0.5, 0.6) is 0 Å². The molecule has 304 valence electrons. The second-order valence-electron chi connectivity index (χ2n) is 17.2. The van der Waals surface area contributed by atoms with Crippen molar-refractivity contribution in [2.24, 2.45) is 4.99 Å². The van der Waals surface area contributed by atoms with Crippen molar-refractivity contribution in [3.8, 4) is 33.8 Å². The molecule has 4 nitrogen and oxygen atoms in total. The Morgan fingerprint density at radius 2 is 1.02 bits per heavy atom. The molecule has 65 heavy (non-hydrogen) atoms. The monoisotopic (exact) mass is 828 g/mol. The van der Waals surface area contributed by atoms with Crippen LogP contribution in [-0.2, 0) is 5.41 Å². The minimum absolute atomic E-state index is 0.0165. The molecule has 9 aromatic carbocycles. The fraction of sp³-hybridized carbons (Fsp3) is 0.0328. The number of hydrogen-bond acceptors (Lipinski definition) is 4. The van der Waals surface area contributed by atoms with Gasteiger partial charge < -0.3 is 5.32 Å². The van der Waals surface area contributed by atoms with Gasteiger partial charge in [0.15, 0.2) is 5.82 Å². The molecule has 2 aliphatic carbocycles. The van der Waals surface area contributed by atoms with Crippen molar-refractivity contribution in [2.75, 3.05) is 0 Å². The Morgan fingerprint density at radius 1 is 0.446 bits per heavy atom. The molecule has 13 rings (SSSR count). The number of benzene rings is 9. The van der Waals surface area contributed by atoms with E-state index >= 15 is 0 Å². The molecule has 1 atom stereocenters. The summed E-state index contributed by atoms with van der Waals surface area (Å²) in [5.41, 5.74) is 14.7. The Labute approximate surface area is 377 Å². The highest BCUT2D eigenvalue weighted by Gasteiger charge is 2.46. The molecule has 2 heterocycles. The number of allylic oxidation sites excluding steroid dienone is 2. The van der Waals surface area contributed by atoms with Gasteiger partial charge in [0.25, 0.3) is 0 Å². The van der Waals surface area contributed by atoms with Crippen LogP contribution < -0.4 is 5.32 Å². The van der Waals surface area contributed by atoms with Crippen molar-refractivity contribution < 1.29 is 0 Å². The van der Waals surface area contributed by atoms with E-state index in [-0.39, 0.29) is 6.04 Å². The van der Waals surface area contributed by atoms with Crippen LogP contribution in [0.4, 0.5) is 0 Å². The smallest absolute Gasteiger partial charge is 0.160 e. The first kappa shape index (κ1) is 37.1. The van der Waals surface area contributed by atoms with Crippen LogP contribution in [0.1, 0.15) is 33.4 Å². The number of nitrogens with zero attached hydrogens (tertiary/aromatic N) is 3. The van der Waals surface area contributed by atoms with Crippen molar-refractivity contribution in [2.45, 2.75) is 11.5 Å². The molecule has 1 aromatic heterocycles. The van der Waals surface area contributed by atoms with Crippen LogP contribution in [-0.4, -0.2) is 21.8 Å². The Hall–Kier alpha value is -8.47. The van der Waals surface area contributed by atoms with Crippen LogP contribution >= 0.6 is 0 Å². The molecular weight excluding hydrogens is 789 g/mol. The number of hydrogen-bond donors (Lipinski definition) is 1. The minimum Gasteiger partial charge on any atom is -0.359 e. The van der Waals surface area contributed by atoms with E-state index in [0.717, 1.165) is 61.3 Å². The van der Waals surface area contributed by atoms with Gasteiger partial charge in [0.1, 0.15) is 5.84 Å². The Bertz CT molecular complexity index is 3650. The van der Waals surface area contributed by atoms with E-state index in [1.807, 2.05) is 0 Å². The lowest BCUT2D eigenvalue weighted by atomic mass is 9.67. The van der Waals surface area contributed by atoms with Crippen molar-refractivity contribution in [1.82, 2.24) is 15.3 Å². The molecule has 0 fully saturated rings. The zero-order valence-corrected chi connectivity index (χ0v) is 35.4. The summed E-state index contributed by atoms with van der Waals surface area (Å²) in [5, 5.41) is 9.54. The fourth-order valence-corrected chi connectivity index (χ4v) is 10.5. The number of amidine groups is 1. The molecule has 0 saturated heterocycles. The van der Waals surface area contributed by atoms with Crippen molar-refractivity contribution in [1.29, 1.82) is 0 Å². The lowest BCUT2D eigenvalue weighted by molar-refractivity contribution is 0.768. The molecule has 1 N–H and O–H groups in total. The second-order valence-corrected chi connectivity index (χ2v) is 17.2. The summed E-state index contributed by atoms with van der Waals surface area (Å²) in [6, 6.07) is 74.5. The first-order valence-electron chi connectivity index (χ1n) is 22.3. The fourth-order valence-electron chi connectivity index (χ4n) is 10.5. The number of rotatable bonds is 6. The number of nitrogens with one attached hydrogen (secondary N) is 1. The molecule has 4 heteroatoms. The summed E-state index contributed by atoms with van der Waals surface area (Å²) in [6.07, 6.45) is 8.69.